The van der Waals surface area contributed by atoms with Gasteiger partial charge in [0.05, 0.1) is 10.6 Å². The molecule has 1 atom stereocenters. The summed E-state index contributed by atoms with van der Waals surface area (Å²) in [7, 11) is -3.61. The fourth-order valence-electron chi connectivity index (χ4n) is 4.85. The maximum atomic E-state index is 13.5. The number of halogens is 1. The minimum atomic E-state index is -3.61. The van der Waals surface area contributed by atoms with E-state index in [1.165, 1.54) is 22.7 Å². The summed E-state index contributed by atoms with van der Waals surface area (Å²) in [6.07, 6.45) is 6.42. The summed E-state index contributed by atoms with van der Waals surface area (Å²) in [6, 6.07) is 14.7. The van der Waals surface area contributed by atoms with Crippen molar-refractivity contribution in [1.82, 2.24) is 23.7 Å². The molecule has 6 rings (SSSR count). The first-order valence-electron chi connectivity index (χ1n) is 12.3. The van der Waals surface area contributed by atoms with Gasteiger partial charge in [-0.2, -0.15) is 9.29 Å². The van der Waals surface area contributed by atoms with Gasteiger partial charge in [0.25, 0.3) is 0 Å². The lowest BCUT2D eigenvalue weighted by Gasteiger charge is -2.32. The monoisotopic (exact) mass is 532 g/mol. The Morgan fingerprint density at radius 3 is 2.71 bits per heavy atom. The molecule has 5 aromatic rings. The molecule has 1 aliphatic rings. The quantitative estimate of drug-likeness (QED) is 0.336. The Bertz CT molecular complexity index is 1710. The zero-order valence-corrected chi connectivity index (χ0v) is 21.4. The van der Waals surface area contributed by atoms with Crippen LogP contribution in [0.4, 0.5) is 10.3 Å². The Balaban J connectivity index is 1.28. The van der Waals surface area contributed by atoms with Gasteiger partial charge in [-0.15, -0.1) is 0 Å². The van der Waals surface area contributed by atoms with Gasteiger partial charge in [-0.3, -0.25) is 4.40 Å². The lowest BCUT2D eigenvalue weighted by atomic mass is 10.1. The second-order valence-electron chi connectivity index (χ2n) is 9.25. The third-order valence-electron chi connectivity index (χ3n) is 6.71. The highest BCUT2D eigenvalue weighted by Crippen LogP contribution is 2.33. The van der Waals surface area contributed by atoms with Gasteiger partial charge in [-0.25, -0.2) is 22.8 Å². The Hall–Kier alpha value is -4.09. The number of imidazole rings is 1. The topological polar surface area (TPSA) is 106 Å². The third kappa shape index (κ3) is 4.44. The molecule has 4 heterocycles. The molecular weight excluding hydrogens is 507 g/mol. The van der Waals surface area contributed by atoms with Crippen LogP contribution in [-0.4, -0.2) is 51.2 Å². The van der Waals surface area contributed by atoms with Gasteiger partial charge in [0.2, 0.25) is 16.0 Å². The lowest BCUT2D eigenvalue weighted by molar-refractivity contribution is 0.326. The molecule has 9 nitrogen and oxygen atoms in total. The van der Waals surface area contributed by atoms with Crippen LogP contribution in [0.2, 0.25) is 0 Å². The highest BCUT2D eigenvalue weighted by Gasteiger charge is 2.31. The summed E-state index contributed by atoms with van der Waals surface area (Å²) in [5, 5.41) is 3.33. The van der Waals surface area contributed by atoms with E-state index in [-0.39, 0.29) is 11.9 Å². The van der Waals surface area contributed by atoms with E-state index >= 15 is 0 Å². The standard InChI is InChI=1S/C27H25FN6O3S/c1-18-5-2-3-7-23(18)38(35,36)33-14-4-6-21(17-33)30-26-29-13-12-22(31-26)25-24(19-8-10-20(28)11-9-19)32-27-34(25)15-16-37-27/h2-3,5,7-13,15-16,21H,4,6,14,17H2,1H3,(H,29,30,31)/t21-/m1/s1. The maximum absolute atomic E-state index is 13.5. The number of anilines is 1. The number of sulfonamides is 1. The van der Waals surface area contributed by atoms with Crippen LogP contribution in [-0.2, 0) is 10.0 Å². The zero-order chi connectivity index (χ0) is 26.3. The van der Waals surface area contributed by atoms with Crippen molar-refractivity contribution in [1.29, 1.82) is 0 Å². The zero-order valence-electron chi connectivity index (χ0n) is 20.6. The van der Waals surface area contributed by atoms with Crippen molar-refractivity contribution in [3.63, 3.8) is 0 Å². The highest BCUT2D eigenvalue weighted by molar-refractivity contribution is 7.89. The number of nitrogens with zero attached hydrogens (tertiary/aromatic N) is 5. The molecule has 38 heavy (non-hydrogen) atoms. The largest absolute Gasteiger partial charge is 0.432 e. The normalized spacial score (nSPS) is 16.6. The van der Waals surface area contributed by atoms with Crippen molar-refractivity contribution in [3.05, 3.63) is 84.6 Å². The SMILES string of the molecule is Cc1ccccc1S(=O)(=O)N1CCC[C@@H](Nc2nccc(-c3c(-c4ccc(F)cc4)nc4occn34)n2)C1. The van der Waals surface area contributed by atoms with Gasteiger partial charge in [-0.1, -0.05) is 18.2 Å². The summed E-state index contributed by atoms with van der Waals surface area (Å²) in [4.78, 5) is 14.0. The predicted molar refractivity (Wildman–Crippen MR) is 140 cm³/mol. The molecule has 0 spiro atoms. The van der Waals surface area contributed by atoms with E-state index in [9.17, 15) is 12.8 Å². The second-order valence-corrected chi connectivity index (χ2v) is 11.2. The Morgan fingerprint density at radius 1 is 1.08 bits per heavy atom. The van der Waals surface area contributed by atoms with Crippen LogP contribution in [0.3, 0.4) is 0 Å². The molecule has 11 heteroatoms. The van der Waals surface area contributed by atoms with E-state index in [0.717, 1.165) is 24.0 Å². The molecule has 1 N–H and O–H groups in total. The molecule has 1 aliphatic heterocycles. The summed E-state index contributed by atoms with van der Waals surface area (Å²) < 4.78 is 49.0. The summed E-state index contributed by atoms with van der Waals surface area (Å²) in [5.41, 5.74) is 3.32. The Labute approximate surface area is 219 Å². The van der Waals surface area contributed by atoms with Gasteiger partial charge >= 0.3 is 5.84 Å². The lowest BCUT2D eigenvalue weighted by Crippen LogP contribution is -2.45. The first-order valence-corrected chi connectivity index (χ1v) is 13.7. The molecule has 3 aromatic heterocycles. The number of rotatable bonds is 6. The number of oxazole rings is 1. The maximum Gasteiger partial charge on any atom is 0.306 e. The van der Waals surface area contributed by atoms with Crippen molar-refractivity contribution < 1.29 is 17.2 Å². The summed E-state index contributed by atoms with van der Waals surface area (Å²) in [6.45, 7) is 2.58. The number of fused-ring (bicyclic) bond motifs is 1. The number of benzene rings is 2. The van der Waals surface area contributed by atoms with Gasteiger partial charge in [-0.05, 0) is 61.7 Å². The van der Waals surface area contributed by atoms with Crippen molar-refractivity contribution >= 4 is 21.8 Å². The molecule has 0 unspecified atom stereocenters. The predicted octanol–water partition coefficient (Wildman–Crippen LogP) is 4.76. The van der Waals surface area contributed by atoms with Crippen LogP contribution < -0.4 is 5.32 Å². The van der Waals surface area contributed by atoms with Gasteiger partial charge in [0.15, 0.2) is 0 Å². The second kappa shape index (κ2) is 9.66. The first kappa shape index (κ1) is 24.3. The molecule has 2 aromatic carbocycles. The number of hydrogen-bond donors (Lipinski definition) is 1. The number of aromatic nitrogens is 4. The van der Waals surface area contributed by atoms with Crippen LogP contribution in [0.1, 0.15) is 18.4 Å². The molecule has 0 aliphatic carbocycles. The Morgan fingerprint density at radius 2 is 1.89 bits per heavy atom. The smallest absolute Gasteiger partial charge is 0.306 e. The van der Waals surface area contributed by atoms with Crippen LogP contribution in [0, 0.1) is 12.7 Å². The Kier molecular flexibility index (Phi) is 6.16. The van der Waals surface area contributed by atoms with E-state index < -0.39 is 10.0 Å². The van der Waals surface area contributed by atoms with Crippen molar-refractivity contribution in [2.24, 2.45) is 0 Å². The molecule has 0 radical (unpaired) electrons. The van der Waals surface area contributed by atoms with E-state index in [1.54, 1.807) is 60.1 Å². The fourth-order valence-corrected chi connectivity index (χ4v) is 6.59. The average molecular weight is 533 g/mol. The number of aryl methyl sites for hydroxylation is 1. The number of piperidine rings is 1. The van der Waals surface area contributed by atoms with Crippen LogP contribution in [0.25, 0.3) is 28.5 Å². The van der Waals surface area contributed by atoms with Crippen LogP contribution in [0.5, 0.6) is 0 Å². The van der Waals surface area contributed by atoms with Gasteiger partial charge in [0.1, 0.15) is 23.5 Å². The molecule has 0 amide bonds. The molecule has 1 fully saturated rings. The summed E-state index contributed by atoms with van der Waals surface area (Å²) in [5.74, 6) is 0.431. The number of hydrogen-bond acceptors (Lipinski definition) is 7. The highest BCUT2D eigenvalue weighted by atomic mass is 32.2. The van der Waals surface area contributed by atoms with Crippen LogP contribution >= 0.6 is 0 Å². The first-order chi connectivity index (χ1) is 18.4. The minimum Gasteiger partial charge on any atom is -0.432 e. The van der Waals surface area contributed by atoms with Crippen molar-refractivity contribution in [3.8, 4) is 22.6 Å². The molecule has 1 saturated heterocycles. The molecule has 194 valence electrons. The third-order valence-corrected chi connectivity index (χ3v) is 8.73. The molecule has 0 saturated carbocycles. The van der Waals surface area contributed by atoms with E-state index in [1.807, 2.05) is 6.07 Å². The minimum absolute atomic E-state index is 0.159. The van der Waals surface area contributed by atoms with E-state index in [0.29, 0.717) is 46.9 Å². The van der Waals surface area contributed by atoms with Crippen LogP contribution in [0.15, 0.2) is 82.6 Å². The molecular formula is C27H25FN6O3S. The number of nitrogens with one attached hydrogen (secondary N) is 1. The van der Waals surface area contributed by atoms with Gasteiger partial charge in [0, 0.05) is 37.1 Å². The van der Waals surface area contributed by atoms with Gasteiger partial charge < -0.3 is 9.73 Å². The van der Waals surface area contributed by atoms with Crippen molar-refractivity contribution in [2.45, 2.75) is 30.7 Å². The van der Waals surface area contributed by atoms with E-state index in [4.69, 9.17) is 9.40 Å². The summed E-state index contributed by atoms with van der Waals surface area (Å²) >= 11 is 0. The van der Waals surface area contributed by atoms with Crippen molar-refractivity contribution in [2.75, 3.05) is 18.4 Å². The fraction of sp³-hybridized carbons (Fsp3) is 0.222. The molecule has 0 bridgehead atoms. The van der Waals surface area contributed by atoms with E-state index in [2.05, 4.69) is 15.3 Å². The average Bonchev–Trinajstić information content (AvgIpc) is 3.51.